The summed E-state index contributed by atoms with van der Waals surface area (Å²) < 4.78 is 0. The molecule has 3 nitrogen and oxygen atoms in total. The van der Waals surface area contributed by atoms with E-state index in [-0.39, 0.29) is 5.56 Å². The first-order valence-corrected chi connectivity index (χ1v) is 5.87. The molecule has 3 N–H and O–H groups in total. The molecule has 0 unspecified atom stereocenters. The molecule has 1 aromatic carbocycles. The summed E-state index contributed by atoms with van der Waals surface area (Å²) in [5.74, 6) is 0. The molecule has 0 saturated heterocycles. The molecule has 2 rings (SSSR count). The van der Waals surface area contributed by atoms with E-state index in [0.717, 1.165) is 27.6 Å². The van der Waals surface area contributed by atoms with Crippen molar-refractivity contribution in [3.8, 4) is 0 Å². The molecule has 90 valence electrons. The van der Waals surface area contributed by atoms with Gasteiger partial charge in [-0.15, -0.1) is 0 Å². The molecule has 0 atom stereocenters. The number of nitrogens with one attached hydrogen (secondary N) is 1. The third-order valence-corrected chi connectivity index (χ3v) is 3.22. The zero-order valence-electron chi connectivity index (χ0n) is 10.6. The predicted octanol–water partition coefficient (Wildman–Crippen LogP) is 1.95. The second-order valence-corrected chi connectivity index (χ2v) is 4.60. The summed E-state index contributed by atoms with van der Waals surface area (Å²) >= 11 is 0. The Morgan fingerprint density at radius 3 is 2.59 bits per heavy atom. The van der Waals surface area contributed by atoms with Gasteiger partial charge in [-0.2, -0.15) is 0 Å². The summed E-state index contributed by atoms with van der Waals surface area (Å²) in [6.45, 7) is 6.62. The van der Waals surface area contributed by atoms with E-state index >= 15 is 0 Å². The number of aromatic amines is 1. The summed E-state index contributed by atoms with van der Waals surface area (Å²) in [6.07, 6.45) is 0.629. The van der Waals surface area contributed by atoms with Crippen molar-refractivity contribution in [3.63, 3.8) is 0 Å². The van der Waals surface area contributed by atoms with Gasteiger partial charge in [0.2, 0.25) is 0 Å². The zero-order valence-corrected chi connectivity index (χ0v) is 10.6. The fourth-order valence-electron chi connectivity index (χ4n) is 2.53. The van der Waals surface area contributed by atoms with Crippen LogP contribution in [0.5, 0.6) is 0 Å². The average Bonchev–Trinajstić information content (AvgIpc) is 2.22. The van der Waals surface area contributed by atoms with Crippen LogP contribution in [0.25, 0.3) is 10.9 Å². The van der Waals surface area contributed by atoms with Crippen molar-refractivity contribution < 1.29 is 0 Å². The zero-order chi connectivity index (χ0) is 12.6. The van der Waals surface area contributed by atoms with Crippen LogP contribution in [0.15, 0.2) is 16.9 Å². The van der Waals surface area contributed by atoms with Gasteiger partial charge in [0.15, 0.2) is 0 Å². The van der Waals surface area contributed by atoms with Crippen molar-refractivity contribution in [2.24, 2.45) is 5.73 Å². The Bertz CT molecular complexity index is 626. The van der Waals surface area contributed by atoms with Crippen LogP contribution in [0.4, 0.5) is 0 Å². The number of fused-ring (bicyclic) bond motifs is 1. The normalized spacial score (nSPS) is 11.1. The summed E-state index contributed by atoms with van der Waals surface area (Å²) in [6, 6.07) is 4.16. The van der Waals surface area contributed by atoms with Gasteiger partial charge < -0.3 is 10.7 Å². The van der Waals surface area contributed by atoms with E-state index in [0.29, 0.717) is 13.0 Å². The highest BCUT2D eigenvalue weighted by Crippen LogP contribution is 2.23. The fraction of sp³-hybridized carbons (Fsp3) is 0.357. The van der Waals surface area contributed by atoms with Crippen LogP contribution in [-0.2, 0) is 6.42 Å². The highest BCUT2D eigenvalue weighted by Gasteiger charge is 2.10. The van der Waals surface area contributed by atoms with Crippen molar-refractivity contribution >= 4 is 10.9 Å². The summed E-state index contributed by atoms with van der Waals surface area (Å²) in [4.78, 5) is 14.9. The topological polar surface area (TPSA) is 58.9 Å². The van der Waals surface area contributed by atoms with Gasteiger partial charge >= 0.3 is 0 Å². The Balaban J connectivity index is 2.87. The number of H-pyrrole nitrogens is 1. The van der Waals surface area contributed by atoms with Crippen LogP contribution in [0, 0.1) is 20.8 Å². The lowest BCUT2D eigenvalue weighted by atomic mass is 9.97. The molecule has 17 heavy (non-hydrogen) atoms. The molecule has 1 heterocycles. The summed E-state index contributed by atoms with van der Waals surface area (Å²) in [5, 5.41) is 1.15. The highest BCUT2D eigenvalue weighted by atomic mass is 16.1. The van der Waals surface area contributed by atoms with Crippen molar-refractivity contribution in [2.75, 3.05) is 6.54 Å². The van der Waals surface area contributed by atoms with Gasteiger partial charge in [-0.1, -0.05) is 6.07 Å². The standard InChI is InChI=1S/C14H18N2O/c1-8-6-9(2)13-10(3)11(4-5-15)14(17)16-12(13)7-8/h6-7H,4-5,15H2,1-3H3,(H,16,17). The highest BCUT2D eigenvalue weighted by molar-refractivity contribution is 5.86. The van der Waals surface area contributed by atoms with E-state index in [9.17, 15) is 4.79 Å². The number of hydrogen-bond acceptors (Lipinski definition) is 2. The van der Waals surface area contributed by atoms with E-state index in [1.807, 2.05) is 19.9 Å². The Labute approximate surface area is 101 Å². The number of nitrogens with two attached hydrogens (primary N) is 1. The van der Waals surface area contributed by atoms with Gasteiger partial charge in [0, 0.05) is 16.5 Å². The summed E-state index contributed by atoms with van der Waals surface area (Å²) in [7, 11) is 0. The van der Waals surface area contributed by atoms with Crippen LogP contribution < -0.4 is 11.3 Å². The molecule has 0 fully saturated rings. The van der Waals surface area contributed by atoms with Gasteiger partial charge in [-0.05, 0) is 56.5 Å². The third kappa shape index (κ3) is 1.98. The van der Waals surface area contributed by atoms with E-state index in [2.05, 4.69) is 18.0 Å². The Hall–Kier alpha value is -1.61. The van der Waals surface area contributed by atoms with Crippen molar-refractivity contribution in [2.45, 2.75) is 27.2 Å². The molecule has 0 amide bonds. The molecule has 3 heteroatoms. The first kappa shape index (κ1) is 11.9. The Morgan fingerprint density at radius 2 is 1.94 bits per heavy atom. The molecule has 0 radical (unpaired) electrons. The minimum Gasteiger partial charge on any atom is -0.330 e. The number of aryl methyl sites for hydroxylation is 3. The maximum Gasteiger partial charge on any atom is 0.251 e. The van der Waals surface area contributed by atoms with Gasteiger partial charge in [0.05, 0.1) is 0 Å². The van der Waals surface area contributed by atoms with Gasteiger partial charge in [0.1, 0.15) is 0 Å². The van der Waals surface area contributed by atoms with Crippen LogP contribution in [0.2, 0.25) is 0 Å². The first-order chi connectivity index (χ1) is 8.04. The number of hydrogen-bond donors (Lipinski definition) is 2. The van der Waals surface area contributed by atoms with Crippen molar-refractivity contribution in [1.29, 1.82) is 0 Å². The Kier molecular flexibility index (Phi) is 3.03. The van der Waals surface area contributed by atoms with E-state index < -0.39 is 0 Å². The monoisotopic (exact) mass is 230 g/mol. The third-order valence-electron chi connectivity index (χ3n) is 3.22. The molecule has 0 aliphatic carbocycles. The molecule has 0 spiro atoms. The van der Waals surface area contributed by atoms with Crippen LogP contribution in [0.1, 0.15) is 22.3 Å². The second-order valence-electron chi connectivity index (χ2n) is 4.60. The minimum absolute atomic E-state index is 0.00884. The SMILES string of the molecule is Cc1cc(C)c2c(C)c(CCN)c(=O)[nH]c2c1. The number of aromatic nitrogens is 1. The molecule has 0 aliphatic rings. The molecular weight excluding hydrogens is 212 g/mol. The number of pyridine rings is 1. The maximum atomic E-state index is 12.0. The Morgan fingerprint density at radius 1 is 1.24 bits per heavy atom. The molecule has 0 aliphatic heterocycles. The fourth-order valence-corrected chi connectivity index (χ4v) is 2.53. The molecule has 2 aromatic rings. The number of rotatable bonds is 2. The smallest absolute Gasteiger partial charge is 0.251 e. The van der Waals surface area contributed by atoms with Gasteiger partial charge in [-0.3, -0.25) is 4.79 Å². The van der Waals surface area contributed by atoms with E-state index in [1.54, 1.807) is 0 Å². The lowest BCUT2D eigenvalue weighted by molar-refractivity contribution is 0.937. The van der Waals surface area contributed by atoms with Crippen LogP contribution in [0.3, 0.4) is 0 Å². The van der Waals surface area contributed by atoms with Crippen molar-refractivity contribution in [3.05, 3.63) is 44.7 Å². The van der Waals surface area contributed by atoms with Gasteiger partial charge in [-0.25, -0.2) is 0 Å². The van der Waals surface area contributed by atoms with Crippen LogP contribution >= 0.6 is 0 Å². The minimum atomic E-state index is -0.00884. The predicted molar refractivity (Wildman–Crippen MR) is 71.5 cm³/mol. The van der Waals surface area contributed by atoms with Gasteiger partial charge in [0.25, 0.3) is 5.56 Å². The van der Waals surface area contributed by atoms with E-state index in [1.165, 1.54) is 5.56 Å². The second kappa shape index (κ2) is 4.34. The van der Waals surface area contributed by atoms with Crippen LogP contribution in [-0.4, -0.2) is 11.5 Å². The van der Waals surface area contributed by atoms with E-state index in [4.69, 9.17) is 5.73 Å². The lowest BCUT2D eigenvalue weighted by Crippen LogP contribution is -2.18. The quantitative estimate of drug-likeness (QED) is 0.828. The largest absolute Gasteiger partial charge is 0.330 e. The lowest BCUT2D eigenvalue weighted by Gasteiger charge is -2.11. The van der Waals surface area contributed by atoms with Crippen molar-refractivity contribution in [1.82, 2.24) is 4.98 Å². The molecule has 1 aromatic heterocycles. The average molecular weight is 230 g/mol. The number of benzene rings is 1. The summed E-state index contributed by atoms with van der Waals surface area (Å²) in [5.41, 5.74) is 10.7. The maximum absolute atomic E-state index is 12.0. The first-order valence-electron chi connectivity index (χ1n) is 5.87. The molecule has 0 saturated carbocycles. The molecular formula is C14H18N2O. The molecule has 0 bridgehead atoms.